The van der Waals surface area contributed by atoms with Gasteiger partial charge in [0.2, 0.25) is 0 Å². The standard InChI is InChI=1S/C11H12BrClO/c12-7-11(5-6-11)8-14-10-3-1-9(13)2-4-10/h1-4H,5-8H2. The van der Waals surface area contributed by atoms with E-state index < -0.39 is 0 Å². The molecule has 1 saturated carbocycles. The highest BCUT2D eigenvalue weighted by Crippen LogP contribution is 2.47. The maximum atomic E-state index is 5.78. The molecule has 0 heterocycles. The van der Waals surface area contributed by atoms with E-state index in [1.165, 1.54) is 12.8 Å². The summed E-state index contributed by atoms with van der Waals surface area (Å²) in [6, 6.07) is 7.52. The summed E-state index contributed by atoms with van der Waals surface area (Å²) in [5.41, 5.74) is 0.402. The highest BCUT2D eigenvalue weighted by atomic mass is 79.9. The molecule has 1 fully saturated rings. The zero-order chi connectivity index (χ0) is 10.0. The number of benzene rings is 1. The molecule has 0 unspecified atom stereocenters. The molecule has 0 saturated heterocycles. The second-order valence-electron chi connectivity index (χ2n) is 3.88. The molecule has 0 bridgehead atoms. The van der Waals surface area contributed by atoms with Crippen LogP contribution >= 0.6 is 27.5 Å². The van der Waals surface area contributed by atoms with Crippen LogP contribution in [0.1, 0.15) is 12.8 Å². The second-order valence-corrected chi connectivity index (χ2v) is 4.87. The molecule has 2 rings (SSSR count). The van der Waals surface area contributed by atoms with Crippen molar-refractivity contribution >= 4 is 27.5 Å². The minimum atomic E-state index is 0.402. The monoisotopic (exact) mass is 274 g/mol. The highest BCUT2D eigenvalue weighted by Gasteiger charge is 2.42. The van der Waals surface area contributed by atoms with Crippen LogP contribution in [-0.2, 0) is 0 Å². The Kier molecular flexibility index (Phi) is 3.03. The summed E-state index contributed by atoms with van der Waals surface area (Å²) in [7, 11) is 0. The van der Waals surface area contributed by atoms with Crippen LogP contribution in [0.5, 0.6) is 5.75 Å². The zero-order valence-electron chi connectivity index (χ0n) is 7.80. The molecule has 0 aromatic heterocycles. The van der Waals surface area contributed by atoms with E-state index in [1.54, 1.807) is 0 Å². The SMILES string of the molecule is Clc1ccc(OCC2(CBr)CC2)cc1. The lowest BCUT2D eigenvalue weighted by Gasteiger charge is -2.12. The average Bonchev–Trinajstić information content (AvgIpc) is 2.98. The first-order valence-corrected chi connectivity index (χ1v) is 6.18. The molecule has 1 aromatic carbocycles. The molecular weight excluding hydrogens is 263 g/mol. The van der Waals surface area contributed by atoms with Gasteiger partial charge in [0.15, 0.2) is 0 Å². The topological polar surface area (TPSA) is 9.23 Å². The third kappa shape index (κ3) is 2.43. The number of ether oxygens (including phenoxy) is 1. The van der Waals surface area contributed by atoms with Crippen molar-refractivity contribution in [2.24, 2.45) is 5.41 Å². The molecule has 1 aliphatic carbocycles. The molecule has 1 nitrogen and oxygen atoms in total. The Labute approximate surface area is 97.5 Å². The molecule has 1 aromatic rings. The molecule has 0 amide bonds. The Balaban J connectivity index is 1.89. The minimum Gasteiger partial charge on any atom is -0.493 e. The predicted octanol–water partition coefficient (Wildman–Crippen LogP) is 3.89. The van der Waals surface area contributed by atoms with Gasteiger partial charge in [-0.05, 0) is 37.1 Å². The van der Waals surface area contributed by atoms with E-state index in [4.69, 9.17) is 16.3 Å². The second kappa shape index (κ2) is 4.11. The van der Waals surface area contributed by atoms with Crippen molar-refractivity contribution in [2.45, 2.75) is 12.8 Å². The Morgan fingerprint density at radius 3 is 2.43 bits per heavy atom. The summed E-state index contributed by atoms with van der Waals surface area (Å²) < 4.78 is 5.69. The molecule has 1 aliphatic rings. The van der Waals surface area contributed by atoms with Gasteiger partial charge in [-0.15, -0.1) is 0 Å². The highest BCUT2D eigenvalue weighted by molar-refractivity contribution is 9.09. The Morgan fingerprint density at radius 1 is 1.29 bits per heavy atom. The number of alkyl halides is 1. The summed E-state index contributed by atoms with van der Waals surface area (Å²) >= 11 is 9.30. The van der Waals surface area contributed by atoms with Crippen molar-refractivity contribution in [2.75, 3.05) is 11.9 Å². The third-order valence-electron chi connectivity index (χ3n) is 2.60. The lowest BCUT2D eigenvalue weighted by Crippen LogP contribution is -2.14. The van der Waals surface area contributed by atoms with E-state index in [2.05, 4.69) is 15.9 Å². The van der Waals surface area contributed by atoms with Crippen molar-refractivity contribution in [3.8, 4) is 5.75 Å². The van der Waals surface area contributed by atoms with E-state index in [1.807, 2.05) is 24.3 Å². The van der Waals surface area contributed by atoms with Crippen molar-refractivity contribution < 1.29 is 4.74 Å². The maximum absolute atomic E-state index is 5.78. The van der Waals surface area contributed by atoms with Crippen molar-refractivity contribution in [3.05, 3.63) is 29.3 Å². The quantitative estimate of drug-likeness (QED) is 0.758. The van der Waals surface area contributed by atoms with Gasteiger partial charge in [0, 0.05) is 15.8 Å². The Morgan fingerprint density at radius 2 is 1.93 bits per heavy atom. The normalized spacial score (nSPS) is 17.9. The smallest absolute Gasteiger partial charge is 0.119 e. The minimum absolute atomic E-state index is 0.402. The summed E-state index contributed by atoms with van der Waals surface area (Å²) in [5.74, 6) is 0.904. The van der Waals surface area contributed by atoms with Gasteiger partial charge in [-0.1, -0.05) is 27.5 Å². The zero-order valence-corrected chi connectivity index (χ0v) is 10.1. The van der Waals surface area contributed by atoms with Gasteiger partial charge < -0.3 is 4.74 Å². The van der Waals surface area contributed by atoms with Crippen LogP contribution in [0.15, 0.2) is 24.3 Å². The fraction of sp³-hybridized carbons (Fsp3) is 0.455. The Bertz CT molecular complexity index is 306. The van der Waals surface area contributed by atoms with E-state index in [0.29, 0.717) is 5.41 Å². The molecule has 0 aliphatic heterocycles. The van der Waals surface area contributed by atoms with Gasteiger partial charge in [0.1, 0.15) is 5.75 Å². The summed E-state index contributed by atoms with van der Waals surface area (Å²) in [5, 5.41) is 1.78. The fourth-order valence-corrected chi connectivity index (χ4v) is 2.11. The largest absolute Gasteiger partial charge is 0.493 e. The average molecular weight is 276 g/mol. The molecule has 0 spiro atoms. The van der Waals surface area contributed by atoms with Crippen LogP contribution in [0.4, 0.5) is 0 Å². The van der Waals surface area contributed by atoms with Gasteiger partial charge in [0.05, 0.1) is 6.61 Å². The molecular formula is C11H12BrClO. The molecule has 0 atom stereocenters. The molecule has 76 valence electrons. The lowest BCUT2D eigenvalue weighted by molar-refractivity contribution is 0.251. The number of hydrogen-bond donors (Lipinski definition) is 0. The van der Waals surface area contributed by atoms with Gasteiger partial charge in [0.25, 0.3) is 0 Å². The Hall–Kier alpha value is -0.210. The van der Waals surface area contributed by atoms with Crippen LogP contribution in [0.25, 0.3) is 0 Å². The number of hydrogen-bond acceptors (Lipinski definition) is 1. The summed E-state index contributed by atoms with van der Waals surface area (Å²) in [6.45, 7) is 0.805. The first-order valence-electron chi connectivity index (χ1n) is 4.68. The van der Waals surface area contributed by atoms with Gasteiger partial charge >= 0.3 is 0 Å². The predicted molar refractivity (Wildman–Crippen MR) is 62.4 cm³/mol. The van der Waals surface area contributed by atoms with E-state index >= 15 is 0 Å². The first kappa shape index (κ1) is 10.3. The van der Waals surface area contributed by atoms with Crippen LogP contribution in [0, 0.1) is 5.41 Å². The summed E-state index contributed by atoms with van der Waals surface area (Å²) in [4.78, 5) is 0. The molecule has 0 radical (unpaired) electrons. The molecule has 14 heavy (non-hydrogen) atoms. The van der Waals surface area contributed by atoms with Crippen molar-refractivity contribution in [3.63, 3.8) is 0 Å². The van der Waals surface area contributed by atoms with E-state index in [0.717, 1.165) is 22.7 Å². The third-order valence-corrected chi connectivity index (χ3v) is 4.04. The maximum Gasteiger partial charge on any atom is 0.119 e. The van der Waals surface area contributed by atoms with Crippen molar-refractivity contribution in [1.29, 1.82) is 0 Å². The van der Waals surface area contributed by atoms with Crippen molar-refractivity contribution in [1.82, 2.24) is 0 Å². The van der Waals surface area contributed by atoms with E-state index in [9.17, 15) is 0 Å². The van der Waals surface area contributed by atoms with Crippen LogP contribution in [0.2, 0.25) is 5.02 Å². The van der Waals surface area contributed by atoms with Crippen LogP contribution in [-0.4, -0.2) is 11.9 Å². The first-order chi connectivity index (χ1) is 6.74. The number of rotatable bonds is 4. The van der Waals surface area contributed by atoms with Gasteiger partial charge in [-0.2, -0.15) is 0 Å². The van der Waals surface area contributed by atoms with Gasteiger partial charge in [-0.25, -0.2) is 0 Å². The summed E-state index contributed by atoms with van der Waals surface area (Å²) in [6.07, 6.45) is 2.54. The van der Waals surface area contributed by atoms with Gasteiger partial charge in [-0.3, -0.25) is 0 Å². The number of halogens is 2. The molecule has 3 heteroatoms. The molecule has 0 N–H and O–H groups in total. The van der Waals surface area contributed by atoms with Crippen LogP contribution in [0.3, 0.4) is 0 Å². The van der Waals surface area contributed by atoms with E-state index in [-0.39, 0.29) is 0 Å². The fourth-order valence-electron chi connectivity index (χ4n) is 1.26. The lowest BCUT2D eigenvalue weighted by atomic mass is 10.2. The van der Waals surface area contributed by atoms with Crippen LogP contribution < -0.4 is 4.74 Å².